The highest BCUT2D eigenvalue weighted by atomic mass is 31.2. The lowest BCUT2D eigenvalue weighted by atomic mass is 10.1. The second kappa shape index (κ2) is 9.12. The van der Waals surface area contributed by atoms with Crippen molar-refractivity contribution in [3.8, 4) is 11.5 Å². The fourth-order valence-electron chi connectivity index (χ4n) is 2.74. The first kappa shape index (κ1) is 24.2. The Morgan fingerprint density at radius 3 is 2.15 bits per heavy atom. The van der Waals surface area contributed by atoms with Gasteiger partial charge >= 0.3 is 7.60 Å². The van der Waals surface area contributed by atoms with Gasteiger partial charge in [0.25, 0.3) is 8.32 Å². The van der Waals surface area contributed by atoms with Gasteiger partial charge < -0.3 is 18.2 Å². The summed E-state index contributed by atoms with van der Waals surface area (Å²) in [5, 5.41) is 0.0792. The zero-order valence-corrected chi connectivity index (χ0v) is 20.5. The summed E-state index contributed by atoms with van der Waals surface area (Å²) < 4.78 is 36.2. The number of methoxy groups -OCH3 is 1. The molecule has 0 spiro atoms. The van der Waals surface area contributed by atoms with Crippen molar-refractivity contribution in [3.05, 3.63) is 23.3 Å². The molecular formula is C20H37O5PSi. The summed E-state index contributed by atoms with van der Waals surface area (Å²) in [4.78, 5) is 0. The van der Waals surface area contributed by atoms with E-state index in [2.05, 4.69) is 33.9 Å². The Bertz CT molecular complexity index is 682. The van der Waals surface area contributed by atoms with Gasteiger partial charge in [-0.1, -0.05) is 33.8 Å². The predicted molar refractivity (Wildman–Crippen MR) is 115 cm³/mol. The van der Waals surface area contributed by atoms with Crippen LogP contribution in [0.1, 0.15) is 57.8 Å². The third-order valence-electron chi connectivity index (χ3n) is 5.36. The van der Waals surface area contributed by atoms with E-state index in [1.807, 2.05) is 32.9 Å². The first-order chi connectivity index (χ1) is 12.4. The fourth-order valence-corrected chi connectivity index (χ4v) is 5.68. The highest BCUT2D eigenvalue weighted by molar-refractivity contribution is 7.54. The van der Waals surface area contributed by atoms with Crippen molar-refractivity contribution in [3.63, 3.8) is 0 Å². The van der Waals surface area contributed by atoms with Gasteiger partial charge in [0.2, 0.25) is 0 Å². The third kappa shape index (κ3) is 5.38. The average molecular weight is 417 g/mol. The lowest BCUT2D eigenvalue weighted by molar-refractivity contribution is 0.234. The summed E-state index contributed by atoms with van der Waals surface area (Å²) in [5.41, 5.74) is 1.50. The van der Waals surface area contributed by atoms with E-state index >= 15 is 0 Å². The normalized spacial score (nSPS) is 15.9. The van der Waals surface area contributed by atoms with Crippen LogP contribution in [0.2, 0.25) is 18.1 Å². The highest BCUT2D eigenvalue weighted by Crippen LogP contribution is 2.62. The minimum Gasteiger partial charge on any atom is -0.541 e. The zero-order chi connectivity index (χ0) is 21.0. The van der Waals surface area contributed by atoms with Crippen LogP contribution >= 0.6 is 7.60 Å². The molecule has 0 radical (unpaired) electrons. The second-order valence-corrected chi connectivity index (χ2v) is 15.3. The Kier molecular flexibility index (Phi) is 8.19. The van der Waals surface area contributed by atoms with E-state index in [1.54, 1.807) is 7.11 Å². The standard InChI is InChI=1S/C20H37O5PSi/c1-11-18(26(21,23-8)24-12-2)16-13-15(3)19(17(14-16)22-7)25-27(9,10)20(4,5)6/h13-14,18H,11-12H2,1-10H3. The summed E-state index contributed by atoms with van der Waals surface area (Å²) in [5.74, 6) is 1.43. The maximum absolute atomic E-state index is 13.2. The summed E-state index contributed by atoms with van der Waals surface area (Å²) in [6.07, 6.45) is 0.635. The van der Waals surface area contributed by atoms with Crippen LogP contribution in [0.3, 0.4) is 0 Å². The van der Waals surface area contributed by atoms with Gasteiger partial charge in [-0.15, -0.1) is 0 Å². The quantitative estimate of drug-likeness (QED) is 0.330. The number of hydrogen-bond donors (Lipinski definition) is 0. The van der Waals surface area contributed by atoms with Crippen molar-refractivity contribution in [1.82, 2.24) is 0 Å². The van der Waals surface area contributed by atoms with Gasteiger partial charge in [-0.25, -0.2) is 0 Å². The summed E-state index contributed by atoms with van der Waals surface area (Å²) in [7, 11) is -2.19. The van der Waals surface area contributed by atoms with Crippen LogP contribution < -0.4 is 9.16 Å². The van der Waals surface area contributed by atoms with Crippen LogP contribution in [0.4, 0.5) is 0 Å². The van der Waals surface area contributed by atoms with Gasteiger partial charge in [-0.2, -0.15) is 0 Å². The molecule has 0 bridgehead atoms. The minimum atomic E-state index is -3.25. The molecule has 7 heteroatoms. The van der Waals surface area contributed by atoms with Gasteiger partial charge in [0, 0.05) is 7.11 Å². The van der Waals surface area contributed by atoms with E-state index in [4.69, 9.17) is 18.2 Å². The van der Waals surface area contributed by atoms with Crippen molar-refractivity contribution in [2.24, 2.45) is 0 Å². The van der Waals surface area contributed by atoms with E-state index in [-0.39, 0.29) is 10.7 Å². The van der Waals surface area contributed by atoms with Crippen LogP contribution in [-0.4, -0.2) is 29.1 Å². The first-order valence-electron chi connectivity index (χ1n) is 9.54. The number of rotatable bonds is 9. The van der Waals surface area contributed by atoms with E-state index in [0.717, 1.165) is 16.9 Å². The van der Waals surface area contributed by atoms with Crippen LogP contribution in [-0.2, 0) is 13.6 Å². The molecule has 0 aliphatic heterocycles. The van der Waals surface area contributed by atoms with Crippen LogP contribution in [0, 0.1) is 6.92 Å². The van der Waals surface area contributed by atoms with Gasteiger partial charge in [-0.05, 0) is 55.6 Å². The lowest BCUT2D eigenvalue weighted by Gasteiger charge is -2.37. The second-order valence-electron chi connectivity index (χ2n) is 8.30. The van der Waals surface area contributed by atoms with Crippen LogP contribution in [0.15, 0.2) is 12.1 Å². The summed E-state index contributed by atoms with van der Waals surface area (Å²) >= 11 is 0. The molecule has 0 aliphatic rings. The van der Waals surface area contributed by atoms with E-state index < -0.39 is 15.9 Å². The summed E-state index contributed by atoms with van der Waals surface area (Å²) in [6.45, 7) is 17.2. The minimum absolute atomic E-state index is 0.0792. The molecular weight excluding hydrogens is 379 g/mol. The molecule has 1 aromatic carbocycles. The van der Waals surface area contributed by atoms with Gasteiger partial charge in [0.05, 0.1) is 19.4 Å². The largest absolute Gasteiger partial charge is 0.541 e. The topological polar surface area (TPSA) is 54.0 Å². The van der Waals surface area contributed by atoms with Crippen LogP contribution in [0.25, 0.3) is 0 Å². The molecule has 2 unspecified atom stereocenters. The molecule has 0 aromatic heterocycles. The molecule has 0 saturated heterocycles. The summed E-state index contributed by atoms with van der Waals surface area (Å²) in [6, 6.07) is 3.93. The van der Waals surface area contributed by atoms with E-state index in [9.17, 15) is 4.57 Å². The smallest absolute Gasteiger partial charge is 0.337 e. The Hall–Kier alpha value is -0.813. The maximum Gasteiger partial charge on any atom is 0.337 e. The van der Waals surface area contributed by atoms with Gasteiger partial charge in [0.1, 0.15) is 5.75 Å². The molecule has 0 N–H and O–H groups in total. The van der Waals surface area contributed by atoms with Crippen molar-refractivity contribution in [2.75, 3.05) is 20.8 Å². The highest BCUT2D eigenvalue weighted by Gasteiger charge is 2.40. The van der Waals surface area contributed by atoms with Crippen molar-refractivity contribution in [2.45, 2.75) is 71.8 Å². The van der Waals surface area contributed by atoms with Crippen molar-refractivity contribution < 1.29 is 22.8 Å². The third-order valence-corrected chi connectivity index (χ3v) is 12.2. The molecule has 2 atom stereocenters. The number of hydrogen-bond acceptors (Lipinski definition) is 5. The Morgan fingerprint density at radius 2 is 1.74 bits per heavy atom. The first-order valence-corrected chi connectivity index (χ1v) is 14.1. The molecule has 0 saturated carbocycles. The Balaban J connectivity index is 3.44. The van der Waals surface area contributed by atoms with Gasteiger partial charge in [0.15, 0.2) is 5.75 Å². The number of aryl methyl sites for hydroxylation is 1. The van der Waals surface area contributed by atoms with Crippen LogP contribution in [0.5, 0.6) is 11.5 Å². The Labute approximate surface area is 166 Å². The molecule has 1 rings (SSSR count). The average Bonchev–Trinajstić information content (AvgIpc) is 2.56. The van der Waals surface area contributed by atoms with E-state index in [1.165, 1.54) is 7.11 Å². The Morgan fingerprint density at radius 1 is 1.15 bits per heavy atom. The van der Waals surface area contributed by atoms with Gasteiger partial charge in [-0.3, -0.25) is 4.57 Å². The molecule has 1 aromatic rings. The molecule has 0 aliphatic carbocycles. The van der Waals surface area contributed by atoms with E-state index in [0.29, 0.717) is 18.8 Å². The molecule has 0 fully saturated rings. The molecule has 156 valence electrons. The monoisotopic (exact) mass is 416 g/mol. The van der Waals surface area contributed by atoms with Crippen molar-refractivity contribution >= 4 is 15.9 Å². The molecule has 5 nitrogen and oxygen atoms in total. The number of benzene rings is 1. The molecule has 0 heterocycles. The molecule has 0 amide bonds. The maximum atomic E-state index is 13.2. The molecule has 27 heavy (non-hydrogen) atoms. The fraction of sp³-hybridized carbons (Fsp3) is 0.700. The predicted octanol–water partition coefficient (Wildman–Crippen LogP) is 6.71. The van der Waals surface area contributed by atoms with Crippen molar-refractivity contribution in [1.29, 1.82) is 0 Å². The lowest BCUT2D eigenvalue weighted by Crippen LogP contribution is -2.44. The number of ether oxygens (including phenoxy) is 1. The zero-order valence-electron chi connectivity index (χ0n) is 18.6. The SMILES string of the molecule is CCOP(=O)(OC)C(CC)c1cc(C)c(O[Si](C)(C)C(C)(C)C)c(OC)c1.